The predicted octanol–water partition coefficient (Wildman–Crippen LogP) is 1.56. The van der Waals surface area contributed by atoms with E-state index in [-0.39, 0.29) is 0 Å². The molecule has 0 spiro atoms. The molecule has 3 heterocycles. The summed E-state index contributed by atoms with van der Waals surface area (Å²) in [5.41, 5.74) is 1.63. The third kappa shape index (κ3) is 1.61. The van der Waals surface area contributed by atoms with Crippen molar-refractivity contribution in [2.45, 2.75) is 18.2 Å². The molecule has 0 unspecified atom stereocenters. The van der Waals surface area contributed by atoms with E-state index in [1.54, 1.807) is 12.7 Å². The molecule has 1 fully saturated rings. The highest BCUT2D eigenvalue weighted by atomic mass is 35.5. The fourth-order valence-electron chi connectivity index (χ4n) is 2.05. The van der Waals surface area contributed by atoms with E-state index in [0.29, 0.717) is 5.38 Å². The maximum atomic E-state index is 6.09. The molecule has 84 valence electrons. The van der Waals surface area contributed by atoms with Crippen molar-refractivity contribution in [3.05, 3.63) is 12.7 Å². The fraction of sp³-hybridized carbons (Fsp3) is 0.500. The Kier molecular flexibility index (Phi) is 2.40. The summed E-state index contributed by atoms with van der Waals surface area (Å²) < 4.78 is 0. The van der Waals surface area contributed by atoms with Crippen LogP contribution >= 0.6 is 11.6 Å². The number of nitrogens with zero attached hydrogens (tertiary/aromatic N) is 4. The Balaban J connectivity index is 1.96. The third-order valence-corrected chi connectivity index (χ3v) is 3.36. The highest BCUT2D eigenvalue weighted by molar-refractivity contribution is 6.20. The van der Waals surface area contributed by atoms with Crippen molar-refractivity contribution in [1.82, 2.24) is 19.9 Å². The lowest BCUT2D eigenvalue weighted by Gasteiger charge is -2.30. The van der Waals surface area contributed by atoms with Gasteiger partial charge in [-0.05, 0) is 12.8 Å². The van der Waals surface area contributed by atoms with Crippen LogP contribution in [-0.4, -0.2) is 38.4 Å². The van der Waals surface area contributed by atoms with Crippen LogP contribution < -0.4 is 4.90 Å². The normalized spacial score (nSPS) is 18.2. The molecule has 6 heteroatoms. The molecule has 0 aromatic carbocycles. The Labute approximate surface area is 97.9 Å². The van der Waals surface area contributed by atoms with Crippen LogP contribution in [0, 0.1) is 0 Å². The van der Waals surface area contributed by atoms with Crippen LogP contribution in [0.2, 0.25) is 0 Å². The van der Waals surface area contributed by atoms with Crippen molar-refractivity contribution in [2.75, 3.05) is 18.0 Å². The molecular formula is C10H12ClN5. The molecule has 0 bridgehead atoms. The molecule has 1 aliphatic rings. The molecule has 0 aliphatic carbocycles. The Hall–Kier alpha value is -1.36. The van der Waals surface area contributed by atoms with Gasteiger partial charge in [-0.1, -0.05) is 0 Å². The zero-order valence-corrected chi connectivity index (χ0v) is 9.48. The Morgan fingerprint density at radius 3 is 2.88 bits per heavy atom. The fourth-order valence-corrected chi connectivity index (χ4v) is 2.25. The van der Waals surface area contributed by atoms with Gasteiger partial charge in [0.1, 0.15) is 11.8 Å². The van der Waals surface area contributed by atoms with Gasteiger partial charge in [0.05, 0.1) is 6.33 Å². The maximum absolute atomic E-state index is 6.09. The van der Waals surface area contributed by atoms with Crippen molar-refractivity contribution in [1.29, 1.82) is 0 Å². The number of aromatic amines is 1. The van der Waals surface area contributed by atoms with E-state index in [1.807, 2.05) is 0 Å². The number of H-pyrrole nitrogens is 1. The number of halogens is 1. The molecule has 16 heavy (non-hydrogen) atoms. The molecule has 1 aliphatic heterocycles. The van der Waals surface area contributed by atoms with Crippen LogP contribution in [0.1, 0.15) is 12.8 Å². The minimum Gasteiger partial charge on any atom is -0.355 e. The second-order valence-electron chi connectivity index (χ2n) is 3.96. The quantitative estimate of drug-likeness (QED) is 0.765. The molecule has 3 rings (SSSR count). The van der Waals surface area contributed by atoms with E-state index in [2.05, 4.69) is 24.8 Å². The van der Waals surface area contributed by atoms with Gasteiger partial charge in [0.2, 0.25) is 0 Å². The zero-order chi connectivity index (χ0) is 11.0. The van der Waals surface area contributed by atoms with E-state index in [1.165, 1.54) is 0 Å². The standard InChI is InChI=1S/C10H12ClN5/c11-7-1-3-16(4-2-7)10-8-9(13-5-12-8)14-6-15-10/h5-7H,1-4H2,(H,12,13,14,15). The SMILES string of the molecule is ClC1CCN(c2ncnc3nc[nH]c23)CC1. The van der Waals surface area contributed by atoms with E-state index < -0.39 is 0 Å². The van der Waals surface area contributed by atoms with Gasteiger partial charge in [-0.15, -0.1) is 11.6 Å². The summed E-state index contributed by atoms with van der Waals surface area (Å²) in [5.74, 6) is 0.936. The number of alkyl halides is 1. The van der Waals surface area contributed by atoms with Gasteiger partial charge in [0, 0.05) is 18.5 Å². The number of fused-ring (bicyclic) bond motifs is 1. The van der Waals surface area contributed by atoms with Crippen molar-refractivity contribution in [2.24, 2.45) is 0 Å². The van der Waals surface area contributed by atoms with Gasteiger partial charge < -0.3 is 9.88 Å². The number of imidazole rings is 1. The lowest BCUT2D eigenvalue weighted by atomic mass is 10.1. The van der Waals surface area contributed by atoms with Gasteiger partial charge in [-0.25, -0.2) is 15.0 Å². The minimum absolute atomic E-state index is 0.301. The number of hydrogen-bond donors (Lipinski definition) is 1. The zero-order valence-electron chi connectivity index (χ0n) is 8.73. The Bertz CT molecular complexity index is 489. The van der Waals surface area contributed by atoms with Crippen LogP contribution in [0.4, 0.5) is 5.82 Å². The summed E-state index contributed by atoms with van der Waals surface area (Å²) >= 11 is 6.09. The molecule has 0 radical (unpaired) electrons. The maximum Gasteiger partial charge on any atom is 0.182 e. The lowest BCUT2D eigenvalue weighted by molar-refractivity contribution is 0.581. The summed E-state index contributed by atoms with van der Waals surface area (Å²) in [4.78, 5) is 17.9. The number of anilines is 1. The highest BCUT2D eigenvalue weighted by Crippen LogP contribution is 2.24. The van der Waals surface area contributed by atoms with Crippen LogP contribution in [-0.2, 0) is 0 Å². The lowest BCUT2D eigenvalue weighted by Crippen LogP contribution is -2.34. The van der Waals surface area contributed by atoms with Crippen molar-refractivity contribution in [3.63, 3.8) is 0 Å². The number of aromatic nitrogens is 4. The summed E-state index contributed by atoms with van der Waals surface area (Å²) in [5, 5.41) is 0.301. The van der Waals surface area contributed by atoms with Gasteiger partial charge >= 0.3 is 0 Å². The van der Waals surface area contributed by atoms with Gasteiger partial charge in [0.15, 0.2) is 11.5 Å². The first kappa shape index (κ1) is 9.84. The van der Waals surface area contributed by atoms with E-state index >= 15 is 0 Å². The van der Waals surface area contributed by atoms with Crippen molar-refractivity contribution < 1.29 is 0 Å². The monoisotopic (exact) mass is 237 g/mol. The molecule has 0 saturated carbocycles. The second kappa shape index (κ2) is 3.90. The van der Waals surface area contributed by atoms with Crippen molar-refractivity contribution in [3.8, 4) is 0 Å². The number of piperidine rings is 1. The summed E-state index contributed by atoms with van der Waals surface area (Å²) in [6.45, 7) is 1.89. The van der Waals surface area contributed by atoms with Gasteiger partial charge in [-0.3, -0.25) is 0 Å². The molecule has 1 saturated heterocycles. The molecular weight excluding hydrogens is 226 g/mol. The summed E-state index contributed by atoms with van der Waals surface area (Å²) in [6.07, 6.45) is 5.21. The van der Waals surface area contributed by atoms with Crippen LogP contribution in [0.3, 0.4) is 0 Å². The largest absolute Gasteiger partial charge is 0.355 e. The molecule has 5 nitrogen and oxygen atoms in total. The van der Waals surface area contributed by atoms with Crippen molar-refractivity contribution >= 4 is 28.6 Å². The topological polar surface area (TPSA) is 57.7 Å². The van der Waals surface area contributed by atoms with Crippen LogP contribution in [0.25, 0.3) is 11.2 Å². The van der Waals surface area contributed by atoms with E-state index in [0.717, 1.165) is 42.9 Å². The first-order valence-corrected chi connectivity index (χ1v) is 5.81. The molecule has 1 N–H and O–H groups in total. The molecule has 2 aromatic heterocycles. The second-order valence-corrected chi connectivity index (χ2v) is 4.58. The summed E-state index contributed by atoms with van der Waals surface area (Å²) in [6, 6.07) is 0. The van der Waals surface area contributed by atoms with E-state index in [4.69, 9.17) is 11.6 Å². The first-order chi connectivity index (χ1) is 7.84. The number of hydrogen-bond acceptors (Lipinski definition) is 4. The average Bonchev–Trinajstić information content (AvgIpc) is 2.78. The molecule has 2 aromatic rings. The molecule has 0 atom stereocenters. The minimum atomic E-state index is 0.301. The third-order valence-electron chi connectivity index (χ3n) is 2.93. The summed E-state index contributed by atoms with van der Waals surface area (Å²) in [7, 11) is 0. The number of rotatable bonds is 1. The Morgan fingerprint density at radius 2 is 2.06 bits per heavy atom. The number of nitrogens with one attached hydrogen (secondary N) is 1. The van der Waals surface area contributed by atoms with Crippen LogP contribution in [0.5, 0.6) is 0 Å². The smallest absolute Gasteiger partial charge is 0.182 e. The van der Waals surface area contributed by atoms with E-state index in [9.17, 15) is 0 Å². The molecule has 0 amide bonds. The predicted molar refractivity (Wildman–Crippen MR) is 62.8 cm³/mol. The van der Waals surface area contributed by atoms with Gasteiger partial charge in [-0.2, -0.15) is 0 Å². The van der Waals surface area contributed by atoms with Gasteiger partial charge in [0.25, 0.3) is 0 Å². The average molecular weight is 238 g/mol. The highest BCUT2D eigenvalue weighted by Gasteiger charge is 2.20. The first-order valence-electron chi connectivity index (χ1n) is 5.37. The Morgan fingerprint density at radius 1 is 1.25 bits per heavy atom. The van der Waals surface area contributed by atoms with Crippen LogP contribution in [0.15, 0.2) is 12.7 Å².